The summed E-state index contributed by atoms with van der Waals surface area (Å²) in [6, 6.07) is 0. The molecular weight excluding hydrogens is 160 g/mol. The molecule has 0 radical (unpaired) electrons. The van der Waals surface area contributed by atoms with E-state index in [2.05, 4.69) is 0 Å². The molecule has 0 spiro atoms. The average Bonchev–Trinajstić information content (AvgIpc) is 2.02. The molecule has 1 aliphatic heterocycles. The number of methoxy groups -OCH3 is 1. The molecule has 0 aliphatic carbocycles. The van der Waals surface area contributed by atoms with E-state index < -0.39 is 6.23 Å². The van der Waals surface area contributed by atoms with Gasteiger partial charge in [-0.15, -0.1) is 0 Å². The highest BCUT2D eigenvalue weighted by Gasteiger charge is 2.35. The van der Waals surface area contributed by atoms with Gasteiger partial charge in [0.1, 0.15) is 0 Å². The maximum absolute atomic E-state index is 11.3. The number of likely N-dealkylation sites (N-methyl/N-ethyl adjacent to an activating group) is 2. The predicted molar refractivity (Wildman–Crippen MR) is 41.2 cm³/mol. The number of hydrogen-bond acceptors (Lipinski definition) is 3. The fourth-order valence-electron chi connectivity index (χ4n) is 1.14. The lowest BCUT2D eigenvalue weighted by atomic mass is 10.3. The van der Waals surface area contributed by atoms with Crippen LogP contribution in [-0.4, -0.2) is 55.6 Å². The van der Waals surface area contributed by atoms with E-state index in [0.717, 1.165) is 0 Å². The van der Waals surface area contributed by atoms with E-state index in [9.17, 15) is 9.59 Å². The number of ether oxygens (including phenoxy) is 1. The van der Waals surface area contributed by atoms with Gasteiger partial charge in [0.15, 0.2) is 0 Å². The van der Waals surface area contributed by atoms with Gasteiger partial charge in [-0.05, 0) is 0 Å². The van der Waals surface area contributed by atoms with Crippen LogP contribution in [0.1, 0.15) is 0 Å². The van der Waals surface area contributed by atoms with Crippen molar-refractivity contribution in [2.24, 2.45) is 0 Å². The summed E-state index contributed by atoms with van der Waals surface area (Å²) in [7, 11) is 4.55. The van der Waals surface area contributed by atoms with Gasteiger partial charge in [0.05, 0.1) is 6.54 Å². The van der Waals surface area contributed by atoms with Gasteiger partial charge in [0.2, 0.25) is 12.1 Å². The second-order valence-electron chi connectivity index (χ2n) is 2.79. The van der Waals surface area contributed by atoms with Crippen molar-refractivity contribution >= 4 is 11.8 Å². The van der Waals surface area contributed by atoms with E-state index in [1.54, 1.807) is 14.1 Å². The van der Waals surface area contributed by atoms with Crippen LogP contribution >= 0.6 is 0 Å². The molecule has 0 bridgehead atoms. The second kappa shape index (κ2) is 3.10. The van der Waals surface area contributed by atoms with Crippen molar-refractivity contribution in [1.29, 1.82) is 0 Å². The van der Waals surface area contributed by atoms with E-state index in [4.69, 9.17) is 4.74 Å². The van der Waals surface area contributed by atoms with Gasteiger partial charge in [-0.1, -0.05) is 0 Å². The quantitative estimate of drug-likeness (QED) is 0.504. The average molecular weight is 172 g/mol. The summed E-state index contributed by atoms with van der Waals surface area (Å²) < 4.78 is 4.87. The minimum absolute atomic E-state index is 0.107. The van der Waals surface area contributed by atoms with E-state index >= 15 is 0 Å². The molecule has 68 valence electrons. The molecule has 5 nitrogen and oxygen atoms in total. The molecule has 1 saturated heterocycles. The van der Waals surface area contributed by atoms with Crippen LogP contribution in [0.5, 0.6) is 0 Å². The third-order valence-electron chi connectivity index (χ3n) is 1.93. The first-order valence-corrected chi connectivity index (χ1v) is 3.61. The number of carbonyl (C=O) groups is 2. The van der Waals surface area contributed by atoms with Crippen molar-refractivity contribution in [2.75, 3.05) is 27.7 Å². The molecule has 0 aromatic heterocycles. The van der Waals surface area contributed by atoms with Crippen LogP contribution in [0.4, 0.5) is 0 Å². The number of nitrogens with zero attached hydrogens (tertiary/aromatic N) is 2. The monoisotopic (exact) mass is 172 g/mol. The Balaban J connectivity index is 2.81. The van der Waals surface area contributed by atoms with Crippen LogP contribution in [0.25, 0.3) is 0 Å². The van der Waals surface area contributed by atoms with E-state index in [-0.39, 0.29) is 18.4 Å². The van der Waals surface area contributed by atoms with Crippen molar-refractivity contribution in [3.63, 3.8) is 0 Å². The Morgan fingerprint density at radius 3 is 2.50 bits per heavy atom. The molecule has 1 rings (SSSR count). The lowest BCUT2D eigenvalue weighted by Crippen LogP contribution is -2.57. The Labute approximate surface area is 70.9 Å². The van der Waals surface area contributed by atoms with Gasteiger partial charge in [0.25, 0.3) is 5.91 Å². The smallest absolute Gasteiger partial charge is 0.273 e. The largest absolute Gasteiger partial charge is 0.353 e. The Hall–Kier alpha value is -1.10. The van der Waals surface area contributed by atoms with Gasteiger partial charge >= 0.3 is 0 Å². The molecule has 12 heavy (non-hydrogen) atoms. The van der Waals surface area contributed by atoms with Crippen LogP contribution in [0.3, 0.4) is 0 Å². The molecule has 1 fully saturated rings. The van der Waals surface area contributed by atoms with Crippen molar-refractivity contribution in [3.05, 3.63) is 0 Å². The highest BCUT2D eigenvalue weighted by Crippen LogP contribution is 2.08. The zero-order chi connectivity index (χ0) is 9.30. The summed E-state index contributed by atoms with van der Waals surface area (Å²) in [6.07, 6.45) is -0.753. The zero-order valence-electron chi connectivity index (χ0n) is 7.40. The molecule has 1 atom stereocenters. The minimum Gasteiger partial charge on any atom is -0.353 e. The number of carbonyl (C=O) groups excluding carboxylic acids is 2. The van der Waals surface area contributed by atoms with E-state index in [1.807, 2.05) is 0 Å². The first-order chi connectivity index (χ1) is 5.57. The number of rotatable bonds is 1. The molecule has 1 aliphatic rings. The van der Waals surface area contributed by atoms with Crippen LogP contribution in [0.15, 0.2) is 0 Å². The summed E-state index contributed by atoms with van der Waals surface area (Å²) in [5.74, 6) is -0.288. The SMILES string of the molecule is COC1C(=O)N(C)CC(=O)N1C. The third kappa shape index (κ3) is 1.27. The van der Waals surface area contributed by atoms with Crippen LogP contribution in [-0.2, 0) is 14.3 Å². The first kappa shape index (κ1) is 8.99. The Kier molecular flexibility index (Phi) is 2.32. The Bertz CT molecular complexity index is 217. The zero-order valence-corrected chi connectivity index (χ0v) is 7.40. The van der Waals surface area contributed by atoms with E-state index in [1.165, 1.54) is 16.9 Å². The Morgan fingerprint density at radius 1 is 1.42 bits per heavy atom. The third-order valence-corrected chi connectivity index (χ3v) is 1.93. The first-order valence-electron chi connectivity index (χ1n) is 3.61. The summed E-state index contributed by atoms with van der Waals surface area (Å²) in [4.78, 5) is 25.2. The highest BCUT2D eigenvalue weighted by molar-refractivity contribution is 5.93. The van der Waals surface area contributed by atoms with Gasteiger partial charge in [0, 0.05) is 21.2 Å². The molecule has 0 aromatic carbocycles. The maximum Gasteiger partial charge on any atom is 0.273 e. The number of hydrogen-bond donors (Lipinski definition) is 0. The lowest BCUT2D eigenvalue weighted by molar-refractivity contribution is -0.170. The molecule has 5 heteroatoms. The molecule has 2 amide bonds. The summed E-state index contributed by atoms with van der Waals surface area (Å²) >= 11 is 0. The fourth-order valence-corrected chi connectivity index (χ4v) is 1.14. The van der Waals surface area contributed by atoms with Gasteiger partial charge in [-0.2, -0.15) is 0 Å². The molecular formula is C7H12N2O3. The summed E-state index contributed by atoms with van der Waals surface area (Å²) in [6.45, 7) is 0.134. The van der Waals surface area contributed by atoms with Crippen molar-refractivity contribution in [3.8, 4) is 0 Å². The second-order valence-corrected chi connectivity index (χ2v) is 2.79. The van der Waals surface area contributed by atoms with Crippen molar-refractivity contribution in [2.45, 2.75) is 6.23 Å². The molecule has 0 saturated carbocycles. The molecule has 0 aromatic rings. The highest BCUT2D eigenvalue weighted by atomic mass is 16.5. The topological polar surface area (TPSA) is 49.9 Å². The summed E-state index contributed by atoms with van der Waals surface area (Å²) in [5, 5.41) is 0. The Morgan fingerprint density at radius 2 is 2.00 bits per heavy atom. The van der Waals surface area contributed by atoms with Crippen molar-refractivity contribution < 1.29 is 14.3 Å². The number of piperazine rings is 1. The van der Waals surface area contributed by atoms with Crippen LogP contribution < -0.4 is 0 Å². The van der Waals surface area contributed by atoms with Crippen molar-refractivity contribution in [1.82, 2.24) is 9.80 Å². The normalized spacial score (nSPS) is 25.1. The van der Waals surface area contributed by atoms with Crippen LogP contribution in [0, 0.1) is 0 Å². The van der Waals surface area contributed by atoms with Gasteiger partial charge < -0.3 is 14.5 Å². The number of amides is 2. The fraction of sp³-hybridized carbons (Fsp3) is 0.714. The lowest BCUT2D eigenvalue weighted by Gasteiger charge is -2.35. The standard InChI is InChI=1S/C7H12N2O3/c1-8-4-5(10)9(2)7(12-3)6(8)11/h7H,4H2,1-3H3. The van der Waals surface area contributed by atoms with Gasteiger partial charge in [-0.25, -0.2) is 0 Å². The predicted octanol–water partition coefficient (Wildman–Crippen LogP) is -1.11. The molecule has 1 heterocycles. The van der Waals surface area contributed by atoms with Gasteiger partial charge in [-0.3, -0.25) is 9.59 Å². The summed E-state index contributed by atoms with van der Waals surface area (Å²) in [5.41, 5.74) is 0. The molecule has 0 N–H and O–H groups in total. The van der Waals surface area contributed by atoms with E-state index in [0.29, 0.717) is 0 Å². The maximum atomic E-state index is 11.3. The van der Waals surface area contributed by atoms with Crippen LogP contribution in [0.2, 0.25) is 0 Å². The molecule has 1 unspecified atom stereocenters. The minimum atomic E-state index is -0.753.